The van der Waals surface area contributed by atoms with E-state index in [1.54, 1.807) is 18.5 Å². The van der Waals surface area contributed by atoms with Crippen molar-refractivity contribution in [1.29, 1.82) is 0 Å². The highest BCUT2D eigenvalue weighted by atomic mass is 19.1. The number of rotatable bonds is 1. The molecule has 3 aromatic rings. The molecule has 0 saturated carbocycles. The number of hydrogen-bond acceptors (Lipinski definition) is 2. The molecule has 17 heavy (non-hydrogen) atoms. The molecule has 2 heterocycles. The first-order valence-corrected chi connectivity index (χ1v) is 5.30. The third kappa shape index (κ3) is 1.49. The summed E-state index contributed by atoms with van der Waals surface area (Å²) in [6.45, 7) is 1.94. The molecule has 1 aromatic carbocycles. The van der Waals surface area contributed by atoms with Crippen LogP contribution in [0.4, 0.5) is 4.39 Å². The Morgan fingerprint density at radius 1 is 1.12 bits per heavy atom. The van der Waals surface area contributed by atoms with E-state index < -0.39 is 0 Å². The number of nitrogens with zero attached hydrogens (tertiary/aromatic N) is 2. The molecular formula is C13H10FN3. The summed E-state index contributed by atoms with van der Waals surface area (Å²) in [5.41, 5.74) is 3.08. The summed E-state index contributed by atoms with van der Waals surface area (Å²) in [5.74, 6) is -0.257. The molecule has 0 atom stereocenters. The Labute approximate surface area is 97.3 Å². The number of nitrogens with one attached hydrogen (secondary N) is 1. The van der Waals surface area contributed by atoms with Gasteiger partial charge in [-0.25, -0.2) is 4.39 Å². The van der Waals surface area contributed by atoms with Crippen LogP contribution >= 0.6 is 0 Å². The molecule has 1 N–H and O–H groups in total. The highest BCUT2D eigenvalue weighted by molar-refractivity contribution is 5.85. The van der Waals surface area contributed by atoms with Gasteiger partial charge in [0, 0.05) is 23.5 Å². The van der Waals surface area contributed by atoms with Crippen molar-refractivity contribution >= 4 is 10.9 Å². The van der Waals surface area contributed by atoms with Crippen LogP contribution in [0.15, 0.2) is 36.8 Å². The fourth-order valence-electron chi connectivity index (χ4n) is 1.94. The maximum atomic E-state index is 14.3. The first-order valence-electron chi connectivity index (χ1n) is 5.30. The predicted octanol–water partition coefficient (Wildman–Crippen LogP) is 3.07. The molecule has 0 aliphatic carbocycles. The van der Waals surface area contributed by atoms with E-state index in [0.717, 1.165) is 11.1 Å². The summed E-state index contributed by atoms with van der Waals surface area (Å²) < 4.78 is 14.3. The van der Waals surface area contributed by atoms with Crippen LogP contribution < -0.4 is 0 Å². The second-order valence-electron chi connectivity index (χ2n) is 3.95. The lowest BCUT2D eigenvalue weighted by Gasteiger charge is -2.06. The van der Waals surface area contributed by atoms with Gasteiger partial charge in [0.15, 0.2) is 0 Å². The molecule has 0 radical (unpaired) electrons. The fraction of sp³-hybridized carbons (Fsp3) is 0.0769. The number of halogens is 1. The van der Waals surface area contributed by atoms with Gasteiger partial charge in [0.1, 0.15) is 5.82 Å². The lowest BCUT2D eigenvalue weighted by atomic mass is 10.0. The average Bonchev–Trinajstić information content (AvgIpc) is 2.80. The summed E-state index contributed by atoms with van der Waals surface area (Å²) in [7, 11) is 0. The molecule has 4 heteroatoms. The Hall–Kier alpha value is -2.23. The van der Waals surface area contributed by atoms with Gasteiger partial charge >= 0.3 is 0 Å². The molecule has 84 valence electrons. The van der Waals surface area contributed by atoms with Gasteiger partial charge < -0.3 is 0 Å². The number of pyridine rings is 1. The topological polar surface area (TPSA) is 41.6 Å². The smallest absolute Gasteiger partial charge is 0.142 e. The first-order chi connectivity index (χ1) is 8.27. The number of aromatic nitrogens is 3. The Morgan fingerprint density at radius 3 is 2.82 bits per heavy atom. The molecule has 3 rings (SSSR count). The van der Waals surface area contributed by atoms with Gasteiger partial charge in [-0.05, 0) is 30.7 Å². The van der Waals surface area contributed by atoms with Gasteiger partial charge in [-0.1, -0.05) is 0 Å². The second-order valence-corrected chi connectivity index (χ2v) is 3.95. The second kappa shape index (κ2) is 3.66. The number of aromatic amines is 1. The van der Waals surface area contributed by atoms with E-state index in [9.17, 15) is 4.39 Å². The zero-order chi connectivity index (χ0) is 11.8. The van der Waals surface area contributed by atoms with Crippen LogP contribution in [0.2, 0.25) is 0 Å². The third-order valence-electron chi connectivity index (χ3n) is 2.89. The van der Waals surface area contributed by atoms with E-state index in [0.29, 0.717) is 16.5 Å². The fourth-order valence-corrected chi connectivity index (χ4v) is 1.94. The van der Waals surface area contributed by atoms with E-state index in [2.05, 4.69) is 15.2 Å². The molecule has 0 spiro atoms. The first kappa shape index (κ1) is 9.96. The standard InChI is InChI=1S/C13H10FN3/c1-8-4-5-15-6-10(8)9-2-3-12-11(13(9)14)7-16-17-12/h2-7H,1H3,(H,16,17). The van der Waals surface area contributed by atoms with Gasteiger partial charge in [-0.3, -0.25) is 10.1 Å². The molecule has 0 saturated heterocycles. The minimum absolute atomic E-state index is 0.257. The van der Waals surface area contributed by atoms with Gasteiger partial charge in [0.2, 0.25) is 0 Å². The molecule has 0 amide bonds. The zero-order valence-electron chi connectivity index (χ0n) is 9.24. The van der Waals surface area contributed by atoms with Crippen molar-refractivity contribution < 1.29 is 4.39 Å². The van der Waals surface area contributed by atoms with Crippen molar-refractivity contribution in [3.63, 3.8) is 0 Å². The van der Waals surface area contributed by atoms with E-state index in [1.165, 1.54) is 6.20 Å². The van der Waals surface area contributed by atoms with Gasteiger partial charge in [0.25, 0.3) is 0 Å². The van der Waals surface area contributed by atoms with Crippen LogP contribution in [0.3, 0.4) is 0 Å². The van der Waals surface area contributed by atoms with Crippen molar-refractivity contribution in [2.24, 2.45) is 0 Å². The van der Waals surface area contributed by atoms with Crippen LogP contribution in [0.5, 0.6) is 0 Å². The summed E-state index contributed by atoms with van der Waals surface area (Å²) >= 11 is 0. The van der Waals surface area contributed by atoms with Crippen molar-refractivity contribution in [2.45, 2.75) is 6.92 Å². The Kier molecular flexibility index (Phi) is 2.14. The highest BCUT2D eigenvalue weighted by Gasteiger charge is 2.12. The Morgan fingerprint density at radius 2 is 2.00 bits per heavy atom. The summed E-state index contributed by atoms with van der Waals surface area (Å²) in [6.07, 6.45) is 4.88. The average molecular weight is 227 g/mol. The highest BCUT2D eigenvalue weighted by Crippen LogP contribution is 2.29. The normalized spacial score (nSPS) is 10.9. The lowest BCUT2D eigenvalue weighted by Crippen LogP contribution is -1.89. The van der Waals surface area contributed by atoms with Crippen molar-refractivity contribution in [3.05, 3.63) is 48.2 Å². The molecule has 0 bridgehead atoms. The van der Waals surface area contributed by atoms with Crippen molar-refractivity contribution in [3.8, 4) is 11.1 Å². The van der Waals surface area contributed by atoms with Crippen molar-refractivity contribution in [1.82, 2.24) is 15.2 Å². The molecule has 0 fully saturated rings. The van der Waals surface area contributed by atoms with E-state index in [4.69, 9.17) is 0 Å². The van der Waals surface area contributed by atoms with Crippen LogP contribution in [0, 0.1) is 12.7 Å². The largest absolute Gasteiger partial charge is 0.278 e. The molecule has 3 nitrogen and oxygen atoms in total. The van der Waals surface area contributed by atoms with Gasteiger partial charge in [0.05, 0.1) is 17.1 Å². The van der Waals surface area contributed by atoms with Crippen molar-refractivity contribution in [2.75, 3.05) is 0 Å². The number of benzene rings is 1. The maximum absolute atomic E-state index is 14.3. The third-order valence-corrected chi connectivity index (χ3v) is 2.89. The minimum atomic E-state index is -0.257. The summed E-state index contributed by atoms with van der Waals surface area (Å²) in [5, 5.41) is 7.09. The summed E-state index contributed by atoms with van der Waals surface area (Å²) in [4.78, 5) is 4.04. The number of H-pyrrole nitrogens is 1. The lowest BCUT2D eigenvalue weighted by molar-refractivity contribution is 0.643. The van der Waals surface area contributed by atoms with E-state index in [1.807, 2.05) is 19.1 Å². The quantitative estimate of drug-likeness (QED) is 0.694. The zero-order valence-corrected chi connectivity index (χ0v) is 9.24. The maximum Gasteiger partial charge on any atom is 0.142 e. The van der Waals surface area contributed by atoms with Gasteiger partial charge in [-0.2, -0.15) is 5.10 Å². The minimum Gasteiger partial charge on any atom is -0.278 e. The van der Waals surface area contributed by atoms with Crippen LogP contribution in [0.25, 0.3) is 22.0 Å². The molecular weight excluding hydrogens is 217 g/mol. The van der Waals surface area contributed by atoms with Gasteiger partial charge in [-0.15, -0.1) is 0 Å². The molecule has 0 aliphatic heterocycles. The number of aryl methyl sites for hydroxylation is 1. The molecule has 2 aromatic heterocycles. The van der Waals surface area contributed by atoms with E-state index in [-0.39, 0.29) is 5.82 Å². The van der Waals surface area contributed by atoms with Crippen LogP contribution in [-0.2, 0) is 0 Å². The predicted molar refractivity (Wildman–Crippen MR) is 64.0 cm³/mol. The Balaban J connectivity index is 2.31. The molecule has 0 unspecified atom stereocenters. The van der Waals surface area contributed by atoms with E-state index >= 15 is 0 Å². The Bertz CT molecular complexity index is 688. The SMILES string of the molecule is Cc1ccncc1-c1ccc2[nH]ncc2c1F. The monoisotopic (exact) mass is 227 g/mol. The molecule has 0 aliphatic rings. The van der Waals surface area contributed by atoms with Crippen LogP contribution in [0.1, 0.15) is 5.56 Å². The number of hydrogen-bond donors (Lipinski definition) is 1. The summed E-state index contributed by atoms with van der Waals surface area (Å²) in [6, 6.07) is 5.45. The number of fused-ring (bicyclic) bond motifs is 1. The van der Waals surface area contributed by atoms with Crippen LogP contribution in [-0.4, -0.2) is 15.2 Å².